The summed E-state index contributed by atoms with van der Waals surface area (Å²) < 4.78 is 7.25. The summed E-state index contributed by atoms with van der Waals surface area (Å²) in [5.74, 6) is 0. The van der Waals surface area contributed by atoms with Crippen LogP contribution in [0.5, 0.6) is 0 Å². The van der Waals surface area contributed by atoms with Gasteiger partial charge in [-0.15, -0.1) is 0 Å². The van der Waals surface area contributed by atoms with Crippen molar-refractivity contribution in [1.82, 2.24) is 14.7 Å². The molecule has 0 radical (unpaired) electrons. The predicted octanol–water partition coefficient (Wildman–Crippen LogP) is 3.53. The van der Waals surface area contributed by atoms with Gasteiger partial charge in [-0.05, 0) is 37.6 Å². The molecule has 1 aromatic heterocycles. The number of hydrogen-bond donors (Lipinski definition) is 0. The van der Waals surface area contributed by atoms with Crippen LogP contribution >= 0.6 is 11.6 Å². The third kappa shape index (κ3) is 3.69. The smallest absolute Gasteiger partial charge is 0.0660 e. The topological polar surface area (TPSA) is 30.3 Å². The monoisotopic (exact) mass is 319 g/mol. The molecular weight excluding hydrogens is 298 g/mol. The lowest BCUT2D eigenvalue weighted by molar-refractivity contribution is 0.0600. The molecule has 0 saturated carbocycles. The van der Waals surface area contributed by atoms with Gasteiger partial charge in [0.1, 0.15) is 0 Å². The minimum absolute atomic E-state index is 0.522. The number of piperidine rings is 1. The molecule has 2 aromatic rings. The summed E-state index contributed by atoms with van der Waals surface area (Å²) in [7, 11) is 1.78. The molecule has 3 rings (SSSR count). The fourth-order valence-corrected chi connectivity index (χ4v) is 3.27. The molecule has 22 heavy (non-hydrogen) atoms. The molecule has 1 aromatic carbocycles. The van der Waals surface area contributed by atoms with Gasteiger partial charge in [-0.2, -0.15) is 5.10 Å². The number of likely N-dealkylation sites (tertiary alicyclic amines) is 1. The van der Waals surface area contributed by atoms with E-state index < -0.39 is 0 Å². The molecule has 2 heterocycles. The van der Waals surface area contributed by atoms with Gasteiger partial charge in [0.05, 0.1) is 18.5 Å². The van der Waals surface area contributed by atoms with Crippen molar-refractivity contribution in [3.63, 3.8) is 0 Å². The van der Waals surface area contributed by atoms with E-state index in [2.05, 4.69) is 16.2 Å². The highest BCUT2D eigenvalue weighted by Crippen LogP contribution is 2.20. The largest absolute Gasteiger partial charge is 0.383 e. The number of benzene rings is 1. The lowest BCUT2D eigenvalue weighted by atomic mass is 10.0. The Hall–Kier alpha value is -1.36. The van der Waals surface area contributed by atoms with Gasteiger partial charge in [-0.3, -0.25) is 4.90 Å². The average molecular weight is 320 g/mol. The maximum Gasteiger partial charge on any atom is 0.0660 e. The Kier molecular flexibility index (Phi) is 5.13. The number of methoxy groups -OCH3 is 1. The van der Waals surface area contributed by atoms with Crippen LogP contribution in [0.3, 0.4) is 0 Å². The molecule has 1 unspecified atom stereocenters. The van der Waals surface area contributed by atoms with Crippen LogP contribution in [0, 0.1) is 0 Å². The van der Waals surface area contributed by atoms with Crippen molar-refractivity contribution in [2.24, 2.45) is 0 Å². The van der Waals surface area contributed by atoms with Crippen LogP contribution in [0.25, 0.3) is 5.69 Å². The molecule has 0 spiro atoms. The minimum atomic E-state index is 0.522. The van der Waals surface area contributed by atoms with Gasteiger partial charge in [0.2, 0.25) is 0 Å². The second-order valence-corrected chi connectivity index (χ2v) is 6.28. The van der Waals surface area contributed by atoms with Crippen LogP contribution < -0.4 is 0 Å². The second-order valence-electron chi connectivity index (χ2n) is 5.85. The van der Waals surface area contributed by atoms with Crippen LogP contribution in [0.15, 0.2) is 36.7 Å². The van der Waals surface area contributed by atoms with E-state index in [1.165, 1.54) is 24.8 Å². The number of aromatic nitrogens is 2. The van der Waals surface area contributed by atoms with Crippen molar-refractivity contribution in [2.45, 2.75) is 31.8 Å². The molecule has 0 N–H and O–H groups in total. The van der Waals surface area contributed by atoms with E-state index in [4.69, 9.17) is 16.3 Å². The number of halogens is 1. The minimum Gasteiger partial charge on any atom is -0.383 e. The molecule has 0 amide bonds. The Bertz CT molecular complexity index is 611. The first kappa shape index (κ1) is 15.5. The highest BCUT2D eigenvalue weighted by Gasteiger charge is 2.22. The molecule has 0 bridgehead atoms. The normalized spacial score (nSPS) is 19.5. The average Bonchev–Trinajstić information content (AvgIpc) is 2.98. The third-order valence-corrected chi connectivity index (χ3v) is 4.44. The van der Waals surface area contributed by atoms with Crippen molar-refractivity contribution in [1.29, 1.82) is 0 Å². The van der Waals surface area contributed by atoms with Gasteiger partial charge in [0, 0.05) is 36.5 Å². The van der Waals surface area contributed by atoms with Crippen molar-refractivity contribution in [3.05, 3.63) is 47.2 Å². The van der Waals surface area contributed by atoms with Crippen molar-refractivity contribution < 1.29 is 4.74 Å². The van der Waals surface area contributed by atoms with E-state index in [1.54, 1.807) is 7.11 Å². The van der Waals surface area contributed by atoms with Gasteiger partial charge >= 0.3 is 0 Å². The molecule has 4 nitrogen and oxygen atoms in total. The quantitative estimate of drug-likeness (QED) is 0.844. The third-order valence-electron chi connectivity index (χ3n) is 4.20. The summed E-state index contributed by atoms with van der Waals surface area (Å²) in [6.45, 7) is 2.87. The Morgan fingerprint density at radius 1 is 1.36 bits per heavy atom. The zero-order valence-corrected chi connectivity index (χ0v) is 13.7. The molecular formula is C17H22ClN3O. The highest BCUT2D eigenvalue weighted by atomic mass is 35.5. The summed E-state index contributed by atoms with van der Waals surface area (Å²) in [4.78, 5) is 2.51. The van der Waals surface area contributed by atoms with E-state index in [0.717, 1.165) is 30.4 Å². The van der Waals surface area contributed by atoms with Crippen molar-refractivity contribution >= 4 is 11.6 Å². The predicted molar refractivity (Wildman–Crippen MR) is 88.5 cm³/mol. The lowest BCUT2D eigenvalue weighted by Crippen LogP contribution is -2.41. The number of hydrogen-bond acceptors (Lipinski definition) is 3. The van der Waals surface area contributed by atoms with Gasteiger partial charge < -0.3 is 4.74 Å². The maximum atomic E-state index is 6.05. The van der Waals surface area contributed by atoms with Gasteiger partial charge in [0.15, 0.2) is 0 Å². The van der Waals surface area contributed by atoms with E-state index >= 15 is 0 Å². The Labute approximate surface area is 136 Å². The van der Waals surface area contributed by atoms with E-state index in [9.17, 15) is 0 Å². The van der Waals surface area contributed by atoms with Crippen molar-refractivity contribution in [3.8, 4) is 5.69 Å². The van der Waals surface area contributed by atoms with Gasteiger partial charge in [0.25, 0.3) is 0 Å². The second kappa shape index (κ2) is 7.27. The highest BCUT2D eigenvalue weighted by molar-refractivity contribution is 6.30. The first-order valence-electron chi connectivity index (χ1n) is 7.79. The molecule has 1 saturated heterocycles. The first-order chi connectivity index (χ1) is 10.8. The van der Waals surface area contributed by atoms with Crippen LogP contribution in [0.2, 0.25) is 5.02 Å². The maximum absolute atomic E-state index is 6.05. The molecule has 1 fully saturated rings. The SMILES string of the molecule is COCC1CCCCN1Cc1cnn(-c2cccc(Cl)c2)c1. The summed E-state index contributed by atoms with van der Waals surface area (Å²) in [6.07, 6.45) is 7.81. The lowest BCUT2D eigenvalue weighted by Gasteiger charge is -2.34. The Morgan fingerprint density at radius 3 is 3.09 bits per heavy atom. The zero-order chi connectivity index (χ0) is 15.4. The standard InChI is InChI=1S/C17H22ClN3O/c1-22-13-17-6-2-3-8-20(17)11-14-10-19-21(12-14)16-7-4-5-15(18)9-16/h4-5,7,9-10,12,17H,2-3,6,8,11,13H2,1H3. The van der Waals surface area contributed by atoms with Crippen LogP contribution in [0.1, 0.15) is 24.8 Å². The van der Waals surface area contributed by atoms with Gasteiger partial charge in [-0.25, -0.2) is 4.68 Å². The zero-order valence-electron chi connectivity index (χ0n) is 12.9. The molecule has 5 heteroatoms. The molecule has 1 aliphatic heterocycles. The summed E-state index contributed by atoms with van der Waals surface area (Å²) in [6, 6.07) is 8.27. The summed E-state index contributed by atoms with van der Waals surface area (Å²) in [5.41, 5.74) is 2.22. The first-order valence-corrected chi connectivity index (χ1v) is 8.16. The van der Waals surface area contributed by atoms with Crippen LogP contribution in [0.4, 0.5) is 0 Å². The Balaban J connectivity index is 1.71. The molecule has 1 atom stereocenters. The molecule has 118 valence electrons. The number of ether oxygens (including phenoxy) is 1. The van der Waals surface area contributed by atoms with E-state index in [0.29, 0.717) is 6.04 Å². The van der Waals surface area contributed by atoms with E-state index in [-0.39, 0.29) is 0 Å². The van der Waals surface area contributed by atoms with E-state index in [1.807, 2.05) is 35.1 Å². The van der Waals surface area contributed by atoms with Crippen LogP contribution in [-0.4, -0.2) is 41.0 Å². The fourth-order valence-electron chi connectivity index (χ4n) is 3.09. The Morgan fingerprint density at radius 2 is 2.27 bits per heavy atom. The number of nitrogens with zero attached hydrogens (tertiary/aromatic N) is 3. The summed E-state index contributed by atoms with van der Waals surface area (Å²) >= 11 is 6.05. The number of rotatable bonds is 5. The molecule has 1 aliphatic rings. The molecule has 0 aliphatic carbocycles. The fraction of sp³-hybridized carbons (Fsp3) is 0.471. The van der Waals surface area contributed by atoms with Crippen molar-refractivity contribution in [2.75, 3.05) is 20.3 Å². The summed E-state index contributed by atoms with van der Waals surface area (Å²) in [5, 5.41) is 5.19. The van der Waals surface area contributed by atoms with Gasteiger partial charge in [-0.1, -0.05) is 24.1 Å². The van der Waals surface area contributed by atoms with Crippen LogP contribution in [-0.2, 0) is 11.3 Å².